The van der Waals surface area contributed by atoms with Crippen LogP contribution in [0.15, 0.2) is 60.7 Å². The molecule has 1 amide bonds. The van der Waals surface area contributed by atoms with E-state index in [2.05, 4.69) is 51.6 Å². The Morgan fingerprint density at radius 1 is 1.03 bits per heavy atom. The molecule has 0 saturated carbocycles. The van der Waals surface area contributed by atoms with Crippen LogP contribution in [0.3, 0.4) is 0 Å². The largest absolute Gasteiger partial charge is 0.497 e. The third kappa shape index (κ3) is 4.59. The summed E-state index contributed by atoms with van der Waals surface area (Å²) in [5.74, 6) is 1.53. The summed E-state index contributed by atoms with van der Waals surface area (Å²) in [7, 11) is 1.63. The van der Waals surface area contributed by atoms with Crippen molar-refractivity contribution in [2.45, 2.75) is 19.8 Å². The third-order valence-electron chi connectivity index (χ3n) is 5.47. The Hall–Kier alpha value is -3.41. The monoisotopic (exact) mass is 402 g/mol. The number of carbonyl (C=O) groups is 1. The highest BCUT2D eigenvalue weighted by Crippen LogP contribution is 2.25. The molecule has 6 nitrogen and oxygen atoms in total. The minimum absolute atomic E-state index is 0.0362. The molecule has 0 radical (unpaired) electrons. The van der Waals surface area contributed by atoms with Gasteiger partial charge < -0.3 is 15.0 Å². The van der Waals surface area contributed by atoms with E-state index in [4.69, 9.17) is 4.74 Å². The van der Waals surface area contributed by atoms with Gasteiger partial charge in [-0.1, -0.05) is 29.8 Å². The molecule has 1 aromatic heterocycles. The normalized spacial score (nSPS) is 16.2. The maximum atomic E-state index is 12.8. The van der Waals surface area contributed by atoms with Gasteiger partial charge in [0.1, 0.15) is 5.75 Å². The van der Waals surface area contributed by atoms with Gasteiger partial charge in [0.15, 0.2) is 5.82 Å². The van der Waals surface area contributed by atoms with E-state index < -0.39 is 0 Å². The fourth-order valence-corrected chi connectivity index (χ4v) is 3.69. The van der Waals surface area contributed by atoms with E-state index in [9.17, 15) is 4.79 Å². The number of methoxy groups -OCH3 is 1. The van der Waals surface area contributed by atoms with Gasteiger partial charge in [-0.05, 0) is 56.2 Å². The molecular formula is C24H26N4O2. The van der Waals surface area contributed by atoms with E-state index in [1.54, 1.807) is 7.11 Å². The van der Waals surface area contributed by atoms with Crippen LogP contribution in [0, 0.1) is 12.8 Å². The number of hydrogen-bond donors (Lipinski definition) is 1. The first-order valence-corrected chi connectivity index (χ1v) is 10.2. The molecule has 6 heteroatoms. The Balaban J connectivity index is 1.40. The van der Waals surface area contributed by atoms with Crippen LogP contribution in [0.4, 0.5) is 11.5 Å². The first-order chi connectivity index (χ1) is 14.6. The molecule has 1 fully saturated rings. The van der Waals surface area contributed by atoms with Crippen molar-refractivity contribution >= 4 is 17.4 Å². The zero-order valence-corrected chi connectivity index (χ0v) is 17.3. The van der Waals surface area contributed by atoms with Crippen LogP contribution in [-0.4, -0.2) is 36.3 Å². The van der Waals surface area contributed by atoms with Gasteiger partial charge in [-0.15, -0.1) is 10.2 Å². The maximum Gasteiger partial charge on any atom is 0.229 e. The summed E-state index contributed by atoms with van der Waals surface area (Å²) in [4.78, 5) is 14.9. The fraction of sp³-hybridized carbons (Fsp3) is 0.292. The zero-order valence-electron chi connectivity index (χ0n) is 17.3. The smallest absolute Gasteiger partial charge is 0.229 e. The van der Waals surface area contributed by atoms with Crippen molar-refractivity contribution in [3.05, 3.63) is 66.2 Å². The van der Waals surface area contributed by atoms with Crippen molar-refractivity contribution < 1.29 is 9.53 Å². The predicted octanol–water partition coefficient (Wildman–Crippen LogP) is 4.32. The van der Waals surface area contributed by atoms with Crippen LogP contribution >= 0.6 is 0 Å². The van der Waals surface area contributed by atoms with Gasteiger partial charge in [-0.25, -0.2) is 0 Å². The van der Waals surface area contributed by atoms with Crippen LogP contribution in [-0.2, 0) is 4.79 Å². The molecule has 1 saturated heterocycles. The Kier molecular flexibility index (Phi) is 5.93. The highest BCUT2D eigenvalue weighted by Gasteiger charge is 2.27. The first-order valence-electron chi connectivity index (χ1n) is 10.2. The van der Waals surface area contributed by atoms with E-state index in [-0.39, 0.29) is 11.8 Å². The summed E-state index contributed by atoms with van der Waals surface area (Å²) in [6, 6.07) is 19.6. The summed E-state index contributed by atoms with van der Waals surface area (Å²) in [5.41, 5.74) is 3.90. The highest BCUT2D eigenvalue weighted by atomic mass is 16.5. The summed E-state index contributed by atoms with van der Waals surface area (Å²) in [6.07, 6.45) is 1.81. The molecule has 1 aliphatic rings. The summed E-state index contributed by atoms with van der Waals surface area (Å²) in [6.45, 7) is 3.58. The van der Waals surface area contributed by atoms with Crippen molar-refractivity contribution in [2.24, 2.45) is 5.92 Å². The quantitative estimate of drug-likeness (QED) is 0.689. The number of hydrogen-bond acceptors (Lipinski definition) is 5. The van der Waals surface area contributed by atoms with E-state index >= 15 is 0 Å². The van der Waals surface area contributed by atoms with E-state index in [1.165, 1.54) is 5.56 Å². The molecule has 1 aliphatic heterocycles. The molecule has 30 heavy (non-hydrogen) atoms. The second-order valence-corrected chi connectivity index (χ2v) is 7.65. The van der Waals surface area contributed by atoms with Gasteiger partial charge in [0.25, 0.3) is 0 Å². The number of aryl methyl sites for hydroxylation is 1. The van der Waals surface area contributed by atoms with Crippen LogP contribution in [0.1, 0.15) is 18.4 Å². The lowest BCUT2D eigenvalue weighted by Crippen LogP contribution is -2.41. The average Bonchev–Trinajstić information content (AvgIpc) is 2.80. The number of amides is 1. The van der Waals surface area contributed by atoms with Crippen molar-refractivity contribution in [1.29, 1.82) is 0 Å². The lowest BCUT2D eigenvalue weighted by molar-refractivity contribution is -0.120. The Labute approximate surface area is 176 Å². The van der Waals surface area contributed by atoms with Crippen LogP contribution in [0.2, 0.25) is 0 Å². The topological polar surface area (TPSA) is 67.3 Å². The first kappa shape index (κ1) is 19.9. The molecule has 2 heterocycles. The maximum absolute atomic E-state index is 12.8. The summed E-state index contributed by atoms with van der Waals surface area (Å²) >= 11 is 0. The number of ether oxygens (including phenoxy) is 1. The minimum atomic E-state index is -0.0839. The molecule has 0 spiro atoms. The average molecular weight is 402 g/mol. The van der Waals surface area contributed by atoms with Crippen LogP contribution in [0.5, 0.6) is 5.75 Å². The Bertz CT molecular complexity index is 985. The molecule has 3 aromatic rings. The number of nitrogens with one attached hydrogen (secondary N) is 1. The molecule has 0 unspecified atom stereocenters. The molecular weight excluding hydrogens is 376 g/mol. The van der Waals surface area contributed by atoms with Crippen molar-refractivity contribution in [3.63, 3.8) is 0 Å². The summed E-state index contributed by atoms with van der Waals surface area (Å²) < 4.78 is 5.16. The van der Waals surface area contributed by atoms with Gasteiger partial charge in [0.2, 0.25) is 5.91 Å². The Morgan fingerprint density at radius 2 is 1.80 bits per heavy atom. The second kappa shape index (κ2) is 8.95. The lowest BCUT2D eigenvalue weighted by atomic mass is 9.97. The van der Waals surface area contributed by atoms with Gasteiger partial charge in [0, 0.05) is 24.3 Å². The molecule has 1 atom stereocenters. The summed E-state index contributed by atoms with van der Waals surface area (Å²) in [5, 5.41) is 11.8. The van der Waals surface area contributed by atoms with Crippen LogP contribution < -0.4 is 15.0 Å². The molecule has 4 rings (SSSR count). The predicted molar refractivity (Wildman–Crippen MR) is 119 cm³/mol. The van der Waals surface area contributed by atoms with Crippen molar-refractivity contribution in [2.75, 3.05) is 30.4 Å². The minimum Gasteiger partial charge on any atom is -0.497 e. The van der Waals surface area contributed by atoms with E-state index in [0.717, 1.165) is 47.9 Å². The molecule has 2 aromatic carbocycles. The van der Waals surface area contributed by atoms with Crippen molar-refractivity contribution in [3.8, 4) is 17.0 Å². The standard InChI is InChI=1S/C24H26N4O2/c1-17-5-7-18(8-6-17)22-13-14-23(27-26-22)28-15-3-4-19(16-28)24(29)25-20-9-11-21(30-2)12-10-20/h5-14,19H,3-4,15-16H2,1-2H3,(H,25,29)/t19-/m0/s1. The van der Waals surface area contributed by atoms with E-state index in [1.807, 2.05) is 36.4 Å². The molecule has 1 N–H and O–H groups in total. The fourth-order valence-electron chi connectivity index (χ4n) is 3.69. The number of anilines is 2. The molecule has 0 bridgehead atoms. The van der Waals surface area contributed by atoms with Gasteiger partial charge in [-0.2, -0.15) is 0 Å². The number of benzene rings is 2. The van der Waals surface area contributed by atoms with Gasteiger partial charge >= 0.3 is 0 Å². The van der Waals surface area contributed by atoms with Crippen molar-refractivity contribution in [1.82, 2.24) is 10.2 Å². The third-order valence-corrected chi connectivity index (χ3v) is 5.47. The number of piperidine rings is 1. The SMILES string of the molecule is COc1ccc(NC(=O)[C@H]2CCCN(c3ccc(-c4ccc(C)cc4)nn3)C2)cc1. The Morgan fingerprint density at radius 3 is 2.47 bits per heavy atom. The van der Waals surface area contributed by atoms with Gasteiger partial charge in [-0.3, -0.25) is 4.79 Å². The molecule has 0 aliphatic carbocycles. The second-order valence-electron chi connectivity index (χ2n) is 7.65. The lowest BCUT2D eigenvalue weighted by Gasteiger charge is -2.32. The van der Waals surface area contributed by atoms with Gasteiger partial charge in [0.05, 0.1) is 18.7 Å². The number of rotatable bonds is 5. The molecule has 154 valence electrons. The number of nitrogens with zero attached hydrogens (tertiary/aromatic N) is 3. The highest BCUT2D eigenvalue weighted by molar-refractivity contribution is 5.93. The number of aromatic nitrogens is 2. The number of carbonyl (C=O) groups excluding carboxylic acids is 1. The van der Waals surface area contributed by atoms with E-state index in [0.29, 0.717) is 6.54 Å². The zero-order chi connectivity index (χ0) is 20.9. The van der Waals surface area contributed by atoms with Crippen LogP contribution in [0.25, 0.3) is 11.3 Å².